The Balaban J connectivity index is 1.65. The molecule has 2 aromatic heterocycles. The van der Waals surface area contributed by atoms with Gasteiger partial charge in [-0.05, 0) is 30.7 Å². The Bertz CT molecular complexity index is 984. The Hall–Kier alpha value is -2.67. The summed E-state index contributed by atoms with van der Waals surface area (Å²) in [5, 5.41) is 4.00. The Morgan fingerprint density at radius 1 is 1.24 bits per heavy atom. The van der Waals surface area contributed by atoms with E-state index in [-0.39, 0.29) is 11.5 Å². The minimum absolute atomic E-state index is 0.0818. The summed E-state index contributed by atoms with van der Waals surface area (Å²) < 4.78 is 1.52. The number of fused-ring (bicyclic) bond motifs is 1. The number of rotatable bonds is 5. The van der Waals surface area contributed by atoms with Gasteiger partial charge in [-0.2, -0.15) is 0 Å². The quantitative estimate of drug-likeness (QED) is 0.563. The van der Waals surface area contributed by atoms with E-state index in [4.69, 9.17) is 0 Å². The largest absolute Gasteiger partial charge is 0.310 e. The van der Waals surface area contributed by atoms with Gasteiger partial charge < -0.3 is 5.32 Å². The molecule has 0 fully saturated rings. The van der Waals surface area contributed by atoms with Crippen LogP contribution in [-0.2, 0) is 11.8 Å². The fourth-order valence-corrected chi connectivity index (χ4v) is 3.28. The van der Waals surface area contributed by atoms with Crippen molar-refractivity contribution in [3.05, 3.63) is 58.5 Å². The minimum atomic E-state index is -0.111. The lowest BCUT2D eigenvalue weighted by atomic mass is 10.2. The van der Waals surface area contributed by atoms with Crippen LogP contribution < -0.4 is 10.9 Å². The molecule has 128 valence electrons. The summed E-state index contributed by atoms with van der Waals surface area (Å²) in [6.07, 6.45) is 1.95. The second-order valence-corrected chi connectivity index (χ2v) is 6.65. The number of carbonyl (C=O) groups is 1. The number of anilines is 1. The average Bonchev–Trinajstić information content (AvgIpc) is 2.61. The third-order valence-electron chi connectivity index (χ3n) is 3.77. The van der Waals surface area contributed by atoms with E-state index in [1.54, 1.807) is 19.3 Å². The van der Waals surface area contributed by atoms with E-state index in [1.165, 1.54) is 16.3 Å². The van der Waals surface area contributed by atoms with Gasteiger partial charge in [0, 0.05) is 25.4 Å². The molecule has 0 atom stereocenters. The van der Waals surface area contributed by atoms with E-state index in [0.29, 0.717) is 34.1 Å². The van der Waals surface area contributed by atoms with Crippen LogP contribution in [0.2, 0.25) is 0 Å². The van der Waals surface area contributed by atoms with Crippen LogP contribution in [0.4, 0.5) is 5.82 Å². The van der Waals surface area contributed by atoms with Crippen LogP contribution in [-0.4, -0.2) is 26.2 Å². The van der Waals surface area contributed by atoms with Crippen LogP contribution in [0, 0.1) is 6.92 Å². The first-order valence-electron chi connectivity index (χ1n) is 7.86. The SMILES string of the molecule is Cc1cccnc1NC(=O)CCSc1nc2ccccc2c(=O)n1C. The molecule has 0 saturated carbocycles. The summed E-state index contributed by atoms with van der Waals surface area (Å²) in [4.78, 5) is 33.1. The number of aromatic nitrogens is 3. The number of para-hydroxylation sites is 1. The van der Waals surface area contributed by atoms with Gasteiger partial charge in [0.1, 0.15) is 5.82 Å². The van der Waals surface area contributed by atoms with Gasteiger partial charge in [0.05, 0.1) is 10.9 Å². The molecule has 3 rings (SSSR count). The lowest BCUT2D eigenvalue weighted by Gasteiger charge is -2.09. The highest BCUT2D eigenvalue weighted by Gasteiger charge is 2.10. The first kappa shape index (κ1) is 17.2. The van der Waals surface area contributed by atoms with Crippen molar-refractivity contribution in [2.24, 2.45) is 7.05 Å². The van der Waals surface area contributed by atoms with Gasteiger partial charge in [-0.3, -0.25) is 14.2 Å². The van der Waals surface area contributed by atoms with Crippen molar-refractivity contribution in [3.63, 3.8) is 0 Å². The monoisotopic (exact) mass is 354 g/mol. The molecule has 1 amide bonds. The van der Waals surface area contributed by atoms with Crippen molar-refractivity contribution in [3.8, 4) is 0 Å². The number of carbonyl (C=O) groups excluding carboxylic acids is 1. The van der Waals surface area contributed by atoms with Crippen molar-refractivity contribution in [2.75, 3.05) is 11.1 Å². The second kappa shape index (κ2) is 7.48. The average molecular weight is 354 g/mol. The molecule has 3 aromatic rings. The Morgan fingerprint density at radius 2 is 2.04 bits per heavy atom. The Morgan fingerprint density at radius 3 is 2.84 bits per heavy atom. The van der Waals surface area contributed by atoms with E-state index in [1.807, 2.05) is 37.3 Å². The summed E-state index contributed by atoms with van der Waals surface area (Å²) in [6.45, 7) is 1.89. The normalized spacial score (nSPS) is 10.8. The van der Waals surface area contributed by atoms with Crippen LogP contribution in [0.15, 0.2) is 52.5 Å². The molecule has 0 spiro atoms. The first-order chi connectivity index (χ1) is 12.1. The molecular weight excluding hydrogens is 336 g/mol. The molecule has 6 nitrogen and oxygen atoms in total. The number of hydrogen-bond donors (Lipinski definition) is 1. The molecule has 1 aromatic carbocycles. The van der Waals surface area contributed by atoms with Crippen LogP contribution in [0.25, 0.3) is 10.9 Å². The highest BCUT2D eigenvalue weighted by Crippen LogP contribution is 2.18. The number of nitrogens with one attached hydrogen (secondary N) is 1. The third kappa shape index (κ3) is 3.88. The molecule has 1 N–H and O–H groups in total. The predicted octanol–water partition coefficient (Wildman–Crippen LogP) is 2.76. The number of nitrogens with zero attached hydrogens (tertiary/aromatic N) is 3. The smallest absolute Gasteiger partial charge is 0.261 e. The van der Waals surface area contributed by atoms with Crippen LogP contribution in [0.3, 0.4) is 0 Å². The van der Waals surface area contributed by atoms with Crippen molar-refractivity contribution < 1.29 is 4.79 Å². The Labute approximate surface area is 149 Å². The number of amides is 1. The number of aryl methyl sites for hydroxylation is 1. The zero-order valence-corrected chi connectivity index (χ0v) is 14.8. The molecule has 0 radical (unpaired) electrons. The number of benzene rings is 1. The lowest BCUT2D eigenvalue weighted by Crippen LogP contribution is -2.20. The number of pyridine rings is 1. The van der Waals surface area contributed by atoms with E-state index in [2.05, 4.69) is 15.3 Å². The number of hydrogen-bond acceptors (Lipinski definition) is 5. The van der Waals surface area contributed by atoms with Crippen molar-refractivity contribution >= 4 is 34.4 Å². The summed E-state index contributed by atoms with van der Waals surface area (Å²) >= 11 is 1.39. The lowest BCUT2D eigenvalue weighted by molar-refractivity contribution is -0.115. The van der Waals surface area contributed by atoms with E-state index in [0.717, 1.165) is 5.56 Å². The summed E-state index contributed by atoms with van der Waals surface area (Å²) in [5.74, 6) is 0.991. The van der Waals surface area contributed by atoms with Crippen molar-refractivity contribution in [1.29, 1.82) is 0 Å². The predicted molar refractivity (Wildman–Crippen MR) is 99.9 cm³/mol. The van der Waals surface area contributed by atoms with Gasteiger partial charge >= 0.3 is 0 Å². The molecular formula is C18H18N4O2S. The van der Waals surface area contributed by atoms with Crippen LogP contribution in [0.1, 0.15) is 12.0 Å². The van der Waals surface area contributed by atoms with E-state index >= 15 is 0 Å². The van der Waals surface area contributed by atoms with Crippen molar-refractivity contribution in [2.45, 2.75) is 18.5 Å². The van der Waals surface area contributed by atoms with Gasteiger partial charge in [-0.1, -0.05) is 30.0 Å². The molecule has 7 heteroatoms. The molecule has 0 aliphatic heterocycles. The summed E-state index contributed by atoms with van der Waals surface area (Å²) in [5.41, 5.74) is 1.51. The highest BCUT2D eigenvalue weighted by molar-refractivity contribution is 7.99. The molecule has 0 bridgehead atoms. The van der Waals surface area contributed by atoms with Crippen LogP contribution in [0.5, 0.6) is 0 Å². The van der Waals surface area contributed by atoms with Gasteiger partial charge in [-0.15, -0.1) is 0 Å². The zero-order valence-electron chi connectivity index (χ0n) is 14.0. The summed E-state index contributed by atoms with van der Waals surface area (Å²) in [6, 6.07) is 11.0. The molecule has 0 aliphatic rings. The van der Waals surface area contributed by atoms with Gasteiger partial charge in [0.2, 0.25) is 5.91 Å². The second-order valence-electron chi connectivity index (χ2n) is 5.59. The Kier molecular flexibility index (Phi) is 5.14. The van der Waals surface area contributed by atoms with Crippen molar-refractivity contribution in [1.82, 2.24) is 14.5 Å². The third-order valence-corrected chi connectivity index (χ3v) is 4.80. The maximum atomic E-state index is 12.3. The maximum Gasteiger partial charge on any atom is 0.261 e. The minimum Gasteiger partial charge on any atom is -0.310 e. The van der Waals surface area contributed by atoms with E-state index < -0.39 is 0 Å². The molecule has 0 saturated heterocycles. The van der Waals surface area contributed by atoms with Gasteiger partial charge in [0.15, 0.2) is 5.16 Å². The fourth-order valence-electron chi connectivity index (χ4n) is 2.37. The van der Waals surface area contributed by atoms with Gasteiger partial charge in [-0.25, -0.2) is 9.97 Å². The number of thioether (sulfide) groups is 1. The standard InChI is InChI=1S/C18H18N4O2S/c1-12-6-5-10-19-16(12)21-15(23)9-11-25-18-20-14-8-4-3-7-13(14)17(24)22(18)2/h3-8,10H,9,11H2,1-2H3,(H,19,21,23). The topological polar surface area (TPSA) is 76.9 Å². The van der Waals surface area contributed by atoms with E-state index in [9.17, 15) is 9.59 Å². The van der Waals surface area contributed by atoms with Crippen LogP contribution >= 0.6 is 11.8 Å². The summed E-state index contributed by atoms with van der Waals surface area (Å²) in [7, 11) is 1.70. The molecule has 0 aliphatic carbocycles. The maximum absolute atomic E-state index is 12.3. The highest BCUT2D eigenvalue weighted by atomic mass is 32.2. The molecule has 25 heavy (non-hydrogen) atoms. The zero-order chi connectivity index (χ0) is 17.8. The molecule has 0 unspecified atom stereocenters. The molecule has 2 heterocycles. The fraction of sp³-hybridized carbons (Fsp3) is 0.222. The van der Waals surface area contributed by atoms with Gasteiger partial charge in [0.25, 0.3) is 5.56 Å². The first-order valence-corrected chi connectivity index (χ1v) is 8.85.